The van der Waals surface area contributed by atoms with E-state index in [9.17, 15) is 0 Å². The van der Waals surface area contributed by atoms with Gasteiger partial charge in [0.1, 0.15) is 5.52 Å². The van der Waals surface area contributed by atoms with Gasteiger partial charge in [0.05, 0.1) is 15.4 Å². The van der Waals surface area contributed by atoms with Crippen LogP contribution in [0.5, 0.6) is 0 Å². The Bertz CT molecular complexity index is 627. The Morgan fingerprint density at radius 2 is 2.28 bits per heavy atom. The van der Waals surface area contributed by atoms with Crippen molar-refractivity contribution in [2.24, 2.45) is 5.92 Å². The maximum absolute atomic E-state index is 6.02. The monoisotopic (exact) mass is 259 g/mol. The second-order valence-electron chi connectivity index (χ2n) is 4.94. The molecule has 0 amide bonds. The molecule has 0 fully saturated rings. The molecule has 0 aromatic carbocycles. The molecule has 0 radical (unpaired) electrons. The van der Waals surface area contributed by atoms with Crippen LogP contribution in [0, 0.1) is 5.92 Å². The standard InChI is InChI=1S/C14H17N3S/c1-3-4-11-17-12-13(18-11)9-7-8(2)5-6-10(9)16-14(12)15/h5-6,8H,3-4,7H2,1-2H3,(H2,15,16). The molecule has 0 bridgehead atoms. The van der Waals surface area contributed by atoms with Gasteiger partial charge in [-0.05, 0) is 36.8 Å². The molecule has 1 aliphatic carbocycles. The van der Waals surface area contributed by atoms with E-state index in [-0.39, 0.29) is 0 Å². The minimum atomic E-state index is 0.571. The first-order valence-electron chi connectivity index (χ1n) is 6.45. The molecule has 0 saturated heterocycles. The minimum absolute atomic E-state index is 0.571. The summed E-state index contributed by atoms with van der Waals surface area (Å²) in [6, 6.07) is 0. The average molecular weight is 259 g/mol. The second-order valence-corrected chi connectivity index (χ2v) is 6.02. The van der Waals surface area contributed by atoms with Gasteiger partial charge in [0.25, 0.3) is 0 Å². The molecule has 1 atom stereocenters. The van der Waals surface area contributed by atoms with Crippen molar-refractivity contribution in [2.45, 2.75) is 33.1 Å². The van der Waals surface area contributed by atoms with Crippen LogP contribution in [0.1, 0.15) is 36.5 Å². The number of allylic oxidation sites excluding steroid dienone is 1. The van der Waals surface area contributed by atoms with Gasteiger partial charge in [0.2, 0.25) is 0 Å². The van der Waals surface area contributed by atoms with Gasteiger partial charge in [-0.1, -0.05) is 19.9 Å². The van der Waals surface area contributed by atoms with Gasteiger partial charge in [0, 0.05) is 0 Å². The predicted molar refractivity (Wildman–Crippen MR) is 77.7 cm³/mol. The summed E-state index contributed by atoms with van der Waals surface area (Å²) in [6.45, 7) is 4.41. The number of thiazole rings is 1. The molecule has 1 unspecified atom stereocenters. The number of aromatic nitrogens is 2. The predicted octanol–water partition coefficient (Wildman–Crippen LogP) is 3.43. The lowest BCUT2D eigenvalue weighted by Crippen LogP contribution is -2.07. The fourth-order valence-corrected chi connectivity index (χ4v) is 3.65. The van der Waals surface area contributed by atoms with Crippen molar-refractivity contribution in [2.75, 3.05) is 5.73 Å². The summed E-state index contributed by atoms with van der Waals surface area (Å²) in [5.74, 6) is 1.14. The zero-order valence-electron chi connectivity index (χ0n) is 10.7. The van der Waals surface area contributed by atoms with E-state index in [1.54, 1.807) is 11.3 Å². The largest absolute Gasteiger partial charge is 0.382 e. The highest BCUT2D eigenvalue weighted by atomic mass is 32.1. The Hall–Kier alpha value is -1.42. The van der Waals surface area contributed by atoms with Crippen LogP contribution >= 0.6 is 11.3 Å². The highest BCUT2D eigenvalue weighted by Crippen LogP contribution is 2.35. The van der Waals surface area contributed by atoms with Gasteiger partial charge in [-0.25, -0.2) is 9.97 Å². The molecular weight excluding hydrogens is 242 g/mol. The molecule has 0 spiro atoms. The van der Waals surface area contributed by atoms with Crippen LogP contribution in [-0.2, 0) is 12.8 Å². The summed E-state index contributed by atoms with van der Waals surface area (Å²) in [5, 5.41) is 1.18. The Morgan fingerprint density at radius 3 is 3.06 bits per heavy atom. The van der Waals surface area contributed by atoms with E-state index < -0.39 is 0 Å². The fraction of sp³-hybridized carbons (Fsp3) is 0.429. The lowest BCUT2D eigenvalue weighted by atomic mass is 9.94. The van der Waals surface area contributed by atoms with Gasteiger partial charge in [0.15, 0.2) is 5.82 Å². The van der Waals surface area contributed by atoms with Crippen molar-refractivity contribution in [1.82, 2.24) is 9.97 Å². The number of aryl methyl sites for hydroxylation is 1. The summed E-state index contributed by atoms with van der Waals surface area (Å²) < 4.78 is 1.25. The van der Waals surface area contributed by atoms with Crippen LogP contribution in [-0.4, -0.2) is 9.97 Å². The minimum Gasteiger partial charge on any atom is -0.382 e. The number of rotatable bonds is 2. The SMILES string of the molecule is CCCc1nc2c(N)nc3c(c2s1)CC(C)C=C3. The third-order valence-electron chi connectivity index (χ3n) is 3.31. The third-order valence-corrected chi connectivity index (χ3v) is 4.49. The normalized spacial score (nSPS) is 18.2. The van der Waals surface area contributed by atoms with E-state index in [0.29, 0.717) is 11.7 Å². The number of nitrogens with two attached hydrogens (primary N) is 1. The van der Waals surface area contributed by atoms with Gasteiger partial charge >= 0.3 is 0 Å². The number of hydrogen-bond donors (Lipinski definition) is 1. The van der Waals surface area contributed by atoms with Crippen molar-refractivity contribution in [3.8, 4) is 0 Å². The topological polar surface area (TPSA) is 51.8 Å². The lowest BCUT2D eigenvalue weighted by molar-refractivity contribution is 0.718. The van der Waals surface area contributed by atoms with Gasteiger partial charge in [-0.3, -0.25) is 0 Å². The van der Waals surface area contributed by atoms with E-state index in [0.717, 1.165) is 30.5 Å². The van der Waals surface area contributed by atoms with Gasteiger partial charge < -0.3 is 5.73 Å². The Balaban J connectivity index is 2.23. The molecule has 0 saturated carbocycles. The lowest BCUT2D eigenvalue weighted by Gasteiger charge is -2.15. The molecule has 2 heterocycles. The average Bonchev–Trinajstić information content (AvgIpc) is 2.76. The number of pyridine rings is 1. The van der Waals surface area contributed by atoms with Crippen molar-refractivity contribution in [3.05, 3.63) is 22.3 Å². The van der Waals surface area contributed by atoms with Crippen LogP contribution in [0.25, 0.3) is 16.3 Å². The van der Waals surface area contributed by atoms with Crippen molar-refractivity contribution < 1.29 is 0 Å². The summed E-state index contributed by atoms with van der Waals surface area (Å²) in [7, 11) is 0. The molecule has 0 aliphatic heterocycles. The first kappa shape index (κ1) is 11.7. The van der Waals surface area contributed by atoms with Crippen LogP contribution in [0.2, 0.25) is 0 Å². The quantitative estimate of drug-likeness (QED) is 0.899. The third kappa shape index (κ3) is 1.81. The molecule has 3 rings (SSSR count). The van der Waals surface area contributed by atoms with Crippen molar-refractivity contribution in [1.29, 1.82) is 0 Å². The molecule has 18 heavy (non-hydrogen) atoms. The first-order chi connectivity index (χ1) is 8.69. The molecule has 4 heteroatoms. The number of fused-ring (bicyclic) bond motifs is 3. The molecular formula is C14H17N3S. The van der Waals surface area contributed by atoms with Crippen LogP contribution < -0.4 is 5.73 Å². The number of hydrogen-bond acceptors (Lipinski definition) is 4. The summed E-state index contributed by atoms with van der Waals surface area (Å²) in [5.41, 5.74) is 9.29. The second kappa shape index (κ2) is 4.35. The zero-order chi connectivity index (χ0) is 12.7. The Morgan fingerprint density at radius 1 is 1.44 bits per heavy atom. The highest BCUT2D eigenvalue weighted by molar-refractivity contribution is 7.18. The van der Waals surface area contributed by atoms with Crippen LogP contribution in [0.15, 0.2) is 6.08 Å². The molecule has 1 aliphatic rings. The maximum Gasteiger partial charge on any atom is 0.151 e. The molecule has 94 valence electrons. The molecule has 2 aromatic heterocycles. The highest BCUT2D eigenvalue weighted by Gasteiger charge is 2.19. The number of nitrogen functional groups attached to an aromatic ring is 1. The fourth-order valence-electron chi connectivity index (χ4n) is 2.41. The van der Waals surface area contributed by atoms with Gasteiger partial charge in [-0.15, -0.1) is 11.3 Å². The number of nitrogens with zero attached hydrogens (tertiary/aromatic N) is 2. The van der Waals surface area contributed by atoms with Crippen LogP contribution in [0.4, 0.5) is 5.82 Å². The maximum atomic E-state index is 6.02. The molecule has 3 nitrogen and oxygen atoms in total. The Labute approximate surface area is 111 Å². The van der Waals surface area contributed by atoms with Crippen LogP contribution in [0.3, 0.4) is 0 Å². The smallest absolute Gasteiger partial charge is 0.151 e. The van der Waals surface area contributed by atoms with E-state index in [1.165, 1.54) is 15.3 Å². The van der Waals surface area contributed by atoms with E-state index in [2.05, 4.69) is 36.0 Å². The van der Waals surface area contributed by atoms with E-state index >= 15 is 0 Å². The zero-order valence-corrected chi connectivity index (χ0v) is 11.5. The molecule has 2 N–H and O–H groups in total. The van der Waals surface area contributed by atoms with Crippen molar-refractivity contribution in [3.63, 3.8) is 0 Å². The first-order valence-corrected chi connectivity index (χ1v) is 7.26. The Kier molecular flexibility index (Phi) is 2.82. The van der Waals surface area contributed by atoms with Crippen molar-refractivity contribution >= 4 is 33.4 Å². The molecule has 2 aromatic rings. The van der Waals surface area contributed by atoms with E-state index in [1.807, 2.05) is 0 Å². The van der Waals surface area contributed by atoms with Gasteiger partial charge in [-0.2, -0.15) is 0 Å². The summed E-state index contributed by atoms with van der Waals surface area (Å²) in [4.78, 5) is 9.13. The number of anilines is 1. The summed E-state index contributed by atoms with van der Waals surface area (Å²) in [6.07, 6.45) is 7.49. The van der Waals surface area contributed by atoms with E-state index in [4.69, 9.17) is 5.73 Å². The summed E-state index contributed by atoms with van der Waals surface area (Å²) >= 11 is 1.79.